The number of anilines is 1. The second kappa shape index (κ2) is 8.53. The van der Waals surface area contributed by atoms with Crippen LogP contribution in [0.4, 0.5) is 14.9 Å². The van der Waals surface area contributed by atoms with E-state index in [9.17, 15) is 28.7 Å². The molecular weight excluding hydrogens is 433 g/mol. The van der Waals surface area contributed by atoms with E-state index in [4.69, 9.17) is 4.74 Å². The summed E-state index contributed by atoms with van der Waals surface area (Å²) in [6.07, 6.45) is -0.916. The molecule has 1 atom stereocenters. The number of carbonyl (C=O) groups is 4. The first-order valence-corrected chi connectivity index (χ1v) is 10.3. The summed E-state index contributed by atoms with van der Waals surface area (Å²) in [5.41, 5.74) is 2.08. The van der Waals surface area contributed by atoms with Crippen LogP contribution < -0.4 is 15.0 Å². The SMILES string of the molecule is COc1cc(CN(C(=O)O)c2cc(C)cc(F)c2)cc2c1CN(C1CCC(=O)NC1=O)C2=O. The Bertz CT molecular complexity index is 1160. The second-order valence-corrected chi connectivity index (χ2v) is 8.08. The number of hydrogen-bond donors (Lipinski definition) is 2. The van der Waals surface area contributed by atoms with Crippen LogP contribution in [0.1, 0.15) is 39.9 Å². The fraction of sp³-hybridized carbons (Fsp3) is 0.304. The molecule has 2 N–H and O–H groups in total. The minimum Gasteiger partial charge on any atom is -0.496 e. The quantitative estimate of drug-likeness (QED) is 0.670. The molecular formula is C23H22FN3O6. The van der Waals surface area contributed by atoms with Crippen molar-refractivity contribution < 1.29 is 33.4 Å². The third-order valence-corrected chi connectivity index (χ3v) is 5.80. The van der Waals surface area contributed by atoms with Crippen molar-refractivity contribution in [3.05, 3.63) is 58.4 Å². The van der Waals surface area contributed by atoms with E-state index in [1.54, 1.807) is 25.1 Å². The number of hydrogen-bond acceptors (Lipinski definition) is 5. The monoisotopic (exact) mass is 455 g/mol. The molecule has 172 valence electrons. The van der Waals surface area contributed by atoms with Crippen molar-refractivity contribution in [3.8, 4) is 5.75 Å². The molecule has 2 aliphatic heterocycles. The van der Waals surface area contributed by atoms with Crippen LogP contribution >= 0.6 is 0 Å². The fourth-order valence-electron chi connectivity index (χ4n) is 4.28. The molecule has 4 amide bonds. The van der Waals surface area contributed by atoms with Crippen LogP contribution in [0, 0.1) is 12.7 Å². The van der Waals surface area contributed by atoms with Crippen molar-refractivity contribution >= 4 is 29.5 Å². The van der Waals surface area contributed by atoms with Gasteiger partial charge in [-0.05, 0) is 54.8 Å². The number of imide groups is 1. The van der Waals surface area contributed by atoms with Gasteiger partial charge in [0.15, 0.2) is 0 Å². The summed E-state index contributed by atoms with van der Waals surface area (Å²) in [7, 11) is 1.43. The highest BCUT2D eigenvalue weighted by Crippen LogP contribution is 2.35. The highest BCUT2D eigenvalue weighted by atomic mass is 19.1. The van der Waals surface area contributed by atoms with Gasteiger partial charge < -0.3 is 14.7 Å². The zero-order valence-corrected chi connectivity index (χ0v) is 18.1. The number of aryl methyl sites for hydroxylation is 1. The van der Waals surface area contributed by atoms with Gasteiger partial charge >= 0.3 is 6.09 Å². The van der Waals surface area contributed by atoms with Crippen LogP contribution in [-0.4, -0.2) is 47.0 Å². The van der Waals surface area contributed by atoms with Crippen LogP contribution in [-0.2, 0) is 22.7 Å². The zero-order valence-electron chi connectivity index (χ0n) is 18.1. The van der Waals surface area contributed by atoms with Gasteiger partial charge in [0.1, 0.15) is 17.6 Å². The molecule has 0 spiro atoms. The summed E-state index contributed by atoms with van der Waals surface area (Å²) in [4.78, 5) is 51.2. The number of methoxy groups -OCH3 is 1. The average molecular weight is 455 g/mol. The lowest BCUT2D eigenvalue weighted by atomic mass is 10.0. The van der Waals surface area contributed by atoms with E-state index in [-0.39, 0.29) is 37.5 Å². The van der Waals surface area contributed by atoms with Gasteiger partial charge in [-0.3, -0.25) is 24.6 Å². The van der Waals surface area contributed by atoms with Crippen LogP contribution in [0.3, 0.4) is 0 Å². The summed E-state index contributed by atoms with van der Waals surface area (Å²) in [5.74, 6) is -1.47. The number of rotatable bonds is 5. The Balaban J connectivity index is 1.66. The maximum absolute atomic E-state index is 13.9. The largest absolute Gasteiger partial charge is 0.496 e. The van der Waals surface area contributed by atoms with Crippen molar-refractivity contribution in [1.82, 2.24) is 10.2 Å². The van der Waals surface area contributed by atoms with Gasteiger partial charge in [-0.15, -0.1) is 0 Å². The molecule has 33 heavy (non-hydrogen) atoms. The Hall–Kier alpha value is -3.95. The van der Waals surface area contributed by atoms with Crippen molar-refractivity contribution in [1.29, 1.82) is 0 Å². The third-order valence-electron chi connectivity index (χ3n) is 5.80. The van der Waals surface area contributed by atoms with Crippen LogP contribution in [0.5, 0.6) is 5.75 Å². The predicted octanol–water partition coefficient (Wildman–Crippen LogP) is 2.59. The minimum absolute atomic E-state index is 0.135. The molecule has 9 nitrogen and oxygen atoms in total. The Morgan fingerprint density at radius 2 is 2.00 bits per heavy atom. The molecule has 0 saturated carbocycles. The van der Waals surface area contributed by atoms with Crippen LogP contribution in [0.15, 0.2) is 30.3 Å². The van der Waals surface area contributed by atoms with Gasteiger partial charge in [-0.25, -0.2) is 9.18 Å². The summed E-state index contributed by atoms with van der Waals surface area (Å²) in [6.45, 7) is 1.65. The number of amides is 4. The van der Waals surface area contributed by atoms with Gasteiger partial charge in [0.05, 0.1) is 25.9 Å². The molecule has 4 rings (SSSR count). The summed E-state index contributed by atoms with van der Waals surface area (Å²) in [5, 5.41) is 12.0. The van der Waals surface area contributed by atoms with E-state index in [1.807, 2.05) is 0 Å². The Labute approximate surface area is 188 Å². The topological polar surface area (TPSA) is 116 Å². The minimum atomic E-state index is -1.28. The second-order valence-electron chi connectivity index (χ2n) is 8.08. The van der Waals surface area contributed by atoms with Crippen molar-refractivity contribution in [3.63, 3.8) is 0 Å². The number of carboxylic acid groups (broad SMARTS) is 1. The fourth-order valence-corrected chi connectivity index (χ4v) is 4.28. The molecule has 1 fully saturated rings. The average Bonchev–Trinajstić information content (AvgIpc) is 3.07. The van der Waals surface area contributed by atoms with Gasteiger partial charge in [-0.1, -0.05) is 0 Å². The van der Waals surface area contributed by atoms with E-state index in [0.29, 0.717) is 28.0 Å². The van der Waals surface area contributed by atoms with E-state index < -0.39 is 29.8 Å². The summed E-state index contributed by atoms with van der Waals surface area (Å²) in [6, 6.07) is 6.39. The van der Waals surface area contributed by atoms with Gasteiger partial charge in [0.2, 0.25) is 11.8 Å². The molecule has 10 heteroatoms. The third kappa shape index (κ3) is 4.23. The zero-order chi connectivity index (χ0) is 23.9. The van der Waals surface area contributed by atoms with E-state index >= 15 is 0 Å². The van der Waals surface area contributed by atoms with E-state index in [1.165, 1.54) is 18.1 Å². The number of ether oxygens (including phenoxy) is 1. The molecule has 2 aromatic carbocycles. The number of nitrogens with zero attached hydrogens (tertiary/aromatic N) is 2. The first-order chi connectivity index (χ1) is 15.7. The molecule has 1 unspecified atom stereocenters. The molecule has 0 aromatic heterocycles. The van der Waals surface area contributed by atoms with Gasteiger partial charge in [-0.2, -0.15) is 0 Å². The number of benzene rings is 2. The summed E-state index contributed by atoms with van der Waals surface area (Å²) >= 11 is 0. The molecule has 2 heterocycles. The van der Waals surface area contributed by atoms with E-state index in [0.717, 1.165) is 11.0 Å². The number of carbonyl (C=O) groups excluding carboxylic acids is 3. The van der Waals surface area contributed by atoms with E-state index in [2.05, 4.69) is 5.32 Å². The smallest absolute Gasteiger partial charge is 0.412 e. The van der Waals surface area contributed by atoms with Crippen molar-refractivity contribution in [2.24, 2.45) is 0 Å². The first-order valence-electron chi connectivity index (χ1n) is 10.3. The number of fused-ring (bicyclic) bond motifs is 1. The van der Waals surface area contributed by atoms with Crippen LogP contribution in [0.2, 0.25) is 0 Å². The Kier molecular flexibility index (Phi) is 5.75. The molecule has 0 bridgehead atoms. The lowest BCUT2D eigenvalue weighted by Gasteiger charge is -2.29. The maximum atomic E-state index is 13.9. The molecule has 2 aromatic rings. The lowest BCUT2D eigenvalue weighted by molar-refractivity contribution is -0.136. The van der Waals surface area contributed by atoms with Gasteiger partial charge in [0, 0.05) is 17.5 Å². The molecule has 2 aliphatic rings. The van der Waals surface area contributed by atoms with Gasteiger partial charge in [0.25, 0.3) is 5.91 Å². The molecule has 0 aliphatic carbocycles. The number of halogens is 1. The normalized spacial score (nSPS) is 17.6. The lowest BCUT2D eigenvalue weighted by Crippen LogP contribution is -2.52. The van der Waals surface area contributed by atoms with Crippen molar-refractivity contribution in [2.75, 3.05) is 12.0 Å². The van der Waals surface area contributed by atoms with Crippen molar-refractivity contribution in [2.45, 2.75) is 38.9 Å². The predicted molar refractivity (Wildman–Crippen MR) is 114 cm³/mol. The highest BCUT2D eigenvalue weighted by molar-refractivity contribution is 6.05. The number of piperidine rings is 1. The maximum Gasteiger partial charge on any atom is 0.412 e. The Morgan fingerprint density at radius 3 is 2.64 bits per heavy atom. The number of nitrogens with one attached hydrogen (secondary N) is 1. The highest BCUT2D eigenvalue weighted by Gasteiger charge is 2.40. The standard InChI is InChI=1S/C23H22FN3O6/c1-12-5-14(24)9-15(6-12)26(23(31)32)10-13-7-16-17(19(8-13)33-2)11-27(22(16)30)18-3-4-20(28)25-21(18)29/h5-9,18H,3-4,10-11H2,1-2H3,(H,31,32)(H,25,28,29). The molecule has 0 radical (unpaired) electrons. The van der Waals surface area contributed by atoms with Crippen LogP contribution in [0.25, 0.3) is 0 Å². The Morgan fingerprint density at radius 1 is 1.24 bits per heavy atom. The summed E-state index contributed by atoms with van der Waals surface area (Å²) < 4.78 is 19.3. The first kappa shape index (κ1) is 22.3. The molecule has 1 saturated heterocycles.